The first kappa shape index (κ1) is 16.7. The standard InChI is InChI=1S/C19H26ClF3N4O/c1-26(17-8-16(19(21,22)23)18(20)25-24-17)15-6-13-10-27(11-14(13)7-15)9-12-2-4-28-5-3-12/h8,12-15H,2-7,9-11H2,1H3/i1D3. The van der Waals surface area contributed by atoms with E-state index in [2.05, 4.69) is 15.1 Å². The Bertz CT molecular complexity index is 778. The maximum Gasteiger partial charge on any atom is 0.419 e. The van der Waals surface area contributed by atoms with Crippen LogP contribution in [0.15, 0.2) is 6.07 Å². The fraction of sp³-hybridized carbons (Fsp3) is 0.789. The molecule has 0 N–H and O–H groups in total. The summed E-state index contributed by atoms with van der Waals surface area (Å²) in [6, 6.07) is 0.289. The maximum absolute atomic E-state index is 13.3. The van der Waals surface area contributed by atoms with Crippen LogP contribution in [0, 0.1) is 17.8 Å². The van der Waals surface area contributed by atoms with E-state index in [0.717, 1.165) is 50.6 Å². The highest BCUT2D eigenvalue weighted by Crippen LogP contribution is 2.42. The number of hydrogen-bond donors (Lipinski definition) is 0. The number of fused-ring (bicyclic) bond motifs is 1. The van der Waals surface area contributed by atoms with Gasteiger partial charge < -0.3 is 14.5 Å². The second-order valence-electron chi connectivity index (χ2n) is 8.19. The number of anilines is 1. The van der Waals surface area contributed by atoms with E-state index >= 15 is 0 Å². The van der Waals surface area contributed by atoms with Crippen molar-refractivity contribution in [1.82, 2.24) is 15.1 Å². The molecule has 0 bridgehead atoms. The smallest absolute Gasteiger partial charge is 0.381 e. The molecule has 9 heteroatoms. The number of alkyl halides is 3. The molecule has 5 nitrogen and oxygen atoms in total. The molecule has 156 valence electrons. The average Bonchev–Trinajstić information content (AvgIpc) is 3.20. The Labute approximate surface area is 172 Å². The molecule has 3 heterocycles. The van der Waals surface area contributed by atoms with E-state index in [-0.39, 0.29) is 5.82 Å². The fourth-order valence-electron chi connectivity index (χ4n) is 4.89. The largest absolute Gasteiger partial charge is 0.419 e. The predicted octanol–water partition coefficient (Wildman–Crippen LogP) is 3.72. The molecule has 0 amide bonds. The van der Waals surface area contributed by atoms with Crippen molar-refractivity contribution in [2.24, 2.45) is 17.8 Å². The molecule has 1 aliphatic carbocycles. The third-order valence-corrected chi connectivity index (χ3v) is 6.59. The third kappa shape index (κ3) is 4.24. The molecule has 3 fully saturated rings. The van der Waals surface area contributed by atoms with Gasteiger partial charge in [-0.05, 0) is 49.5 Å². The lowest BCUT2D eigenvalue weighted by Gasteiger charge is -2.29. The van der Waals surface area contributed by atoms with Crippen molar-refractivity contribution >= 4 is 17.4 Å². The number of aromatic nitrogens is 2. The molecule has 4 rings (SSSR count). The van der Waals surface area contributed by atoms with Crippen molar-refractivity contribution in [3.8, 4) is 0 Å². The van der Waals surface area contributed by atoms with Crippen molar-refractivity contribution in [2.75, 3.05) is 44.7 Å². The van der Waals surface area contributed by atoms with Crippen molar-refractivity contribution in [3.63, 3.8) is 0 Å². The van der Waals surface area contributed by atoms with Gasteiger partial charge >= 0.3 is 6.18 Å². The Morgan fingerprint density at radius 1 is 1.25 bits per heavy atom. The molecular formula is C19H26ClF3N4O. The van der Waals surface area contributed by atoms with E-state index in [0.29, 0.717) is 36.7 Å². The van der Waals surface area contributed by atoms with Gasteiger partial charge in [0.05, 0.1) is 5.56 Å². The number of hydrogen-bond acceptors (Lipinski definition) is 5. The first-order valence-corrected chi connectivity index (χ1v) is 10.1. The quantitative estimate of drug-likeness (QED) is 0.741. The summed E-state index contributed by atoms with van der Waals surface area (Å²) in [7, 11) is 0. The van der Waals surface area contributed by atoms with Crippen LogP contribution in [0.2, 0.25) is 5.15 Å². The monoisotopic (exact) mass is 421 g/mol. The van der Waals surface area contributed by atoms with Gasteiger partial charge in [0.1, 0.15) is 0 Å². The van der Waals surface area contributed by atoms with Gasteiger partial charge in [0.2, 0.25) is 0 Å². The Hall–Kier alpha value is -1.12. The summed E-state index contributed by atoms with van der Waals surface area (Å²) >= 11 is 5.57. The molecule has 28 heavy (non-hydrogen) atoms. The second-order valence-corrected chi connectivity index (χ2v) is 8.55. The number of ether oxygens (including phenoxy) is 1. The van der Waals surface area contributed by atoms with Gasteiger partial charge in [-0.2, -0.15) is 13.2 Å². The SMILES string of the molecule is [2H]C([2H])([2H])N(c1cc(C(F)(F)F)c(Cl)nn1)C1CC2CN(CC3CCOCC3)CC2C1. The summed E-state index contributed by atoms with van der Waals surface area (Å²) < 4.78 is 69.0. The van der Waals surface area contributed by atoms with E-state index in [4.69, 9.17) is 20.5 Å². The van der Waals surface area contributed by atoms with E-state index in [1.54, 1.807) is 0 Å². The highest BCUT2D eigenvalue weighted by molar-refractivity contribution is 6.30. The summed E-state index contributed by atoms with van der Waals surface area (Å²) in [6.45, 7) is 1.81. The predicted molar refractivity (Wildman–Crippen MR) is 100 cm³/mol. The molecule has 0 radical (unpaired) electrons. The van der Waals surface area contributed by atoms with Crippen LogP contribution in [-0.4, -0.2) is 61.0 Å². The minimum atomic E-state index is -4.74. The number of rotatable bonds is 4. The van der Waals surface area contributed by atoms with Crippen molar-refractivity contribution in [1.29, 1.82) is 0 Å². The van der Waals surface area contributed by atoms with E-state index in [9.17, 15) is 13.2 Å². The average molecular weight is 422 g/mol. The van der Waals surface area contributed by atoms with Gasteiger partial charge in [-0.25, -0.2) is 0 Å². The molecule has 2 unspecified atom stereocenters. The summed E-state index contributed by atoms with van der Waals surface area (Å²) in [4.78, 5) is 3.48. The number of likely N-dealkylation sites (tertiary alicyclic amines) is 1. The van der Waals surface area contributed by atoms with Crippen LogP contribution in [0.3, 0.4) is 0 Å². The molecular weight excluding hydrogens is 393 g/mol. The Kier molecular flexibility index (Phi) is 4.73. The molecule has 1 aromatic heterocycles. The lowest BCUT2D eigenvalue weighted by atomic mass is 10.00. The van der Waals surface area contributed by atoms with Crippen LogP contribution in [0.25, 0.3) is 0 Å². The lowest BCUT2D eigenvalue weighted by Crippen LogP contribution is -2.35. The first-order chi connectivity index (χ1) is 14.5. The summed E-state index contributed by atoms with van der Waals surface area (Å²) in [6.07, 6.45) is -1.38. The summed E-state index contributed by atoms with van der Waals surface area (Å²) in [5.41, 5.74) is -1.17. The van der Waals surface area contributed by atoms with Crippen molar-refractivity contribution in [3.05, 3.63) is 16.8 Å². The molecule has 2 atom stereocenters. The normalized spacial score (nSPS) is 31.3. The van der Waals surface area contributed by atoms with Crippen molar-refractivity contribution < 1.29 is 22.0 Å². The zero-order chi connectivity index (χ0) is 22.4. The van der Waals surface area contributed by atoms with Gasteiger partial charge in [-0.15, -0.1) is 10.2 Å². The minimum absolute atomic E-state index is 0.305. The van der Waals surface area contributed by atoms with Gasteiger partial charge in [-0.3, -0.25) is 0 Å². The molecule has 2 aliphatic heterocycles. The Balaban J connectivity index is 1.47. The van der Waals surface area contributed by atoms with Crippen LogP contribution < -0.4 is 4.90 Å². The van der Waals surface area contributed by atoms with E-state index in [1.807, 2.05) is 0 Å². The lowest BCUT2D eigenvalue weighted by molar-refractivity contribution is -0.137. The molecule has 3 aliphatic rings. The third-order valence-electron chi connectivity index (χ3n) is 6.31. The van der Waals surface area contributed by atoms with Crippen LogP contribution in [0.5, 0.6) is 0 Å². The van der Waals surface area contributed by atoms with Crippen LogP contribution in [-0.2, 0) is 10.9 Å². The van der Waals surface area contributed by atoms with Crippen LogP contribution in [0.4, 0.5) is 19.0 Å². The fourth-order valence-corrected chi connectivity index (χ4v) is 5.09. The van der Waals surface area contributed by atoms with E-state index < -0.39 is 29.9 Å². The van der Waals surface area contributed by atoms with Crippen LogP contribution in [0.1, 0.15) is 35.4 Å². The minimum Gasteiger partial charge on any atom is -0.381 e. The van der Waals surface area contributed by atoms with Crippen LogP contribution >= 0.6 is 11.6 Å². The topological polar surface area (TPSA) is 41.5 Å². The van der Waals surface area contributed by atoms with E-state index in [1.165, 1.54) is 0 Å². The number of nitrogens with zero attached hydrogens (tertiary/aromatic N) is 4. The van der Waals surface area contributed by atoms with Gasteiger partial charge in [0.15, 0.2) is 11.0 Å². The first-order valence-electron chi connectivity index (χ1n) is 11.2. The molecule has 1 saturated carbocycles. The van der Waals surface area contributed by atoms with Gasteiger partial charge in [0, 0.05) is 50.0 Å². The molecule has 2 saturated heterocycles. The van der Waals surface area contributed by atoms with Gasteiger partial charge in [-0.1, -0.05) is 11.6 Å². The molecule has 0 aromatic carbocycles. The number of halogens is 4. The Morgan fingerprint density at radius 3 is 2.54 bits per heavy atom. The molecule has 0 spiro atoms. The van der Waals surface area contributed by atoms with Gasteiger partial charge in [0.25, 0.3) is 0 Å². The maximum atomic E-state index is 13.3. The zero-order valence-electron chi connectivity index (χ0n) is 18.5. The van der Waals surface area contributed by atoms with Crippen molar-refractivity contribution in [2.45, 2.75) is 37.9 Å². The highest BCUT2D eigenvalue weighted by Gasteiger charge is 2.43. The Morgan fingerprint density at radius 2 is 1.93 bits per heavy atom. The summed E-state index contributed by atoms with van der Waals surface area (Å²) in [5.74, 6) is 0.988. The highest BCUT2D eigenvalue weighted by atomic mass is 35.5. The summed E-state index contributed by atoms with van der Waals surface area (Å²) in [5, 5.41) is 6.31. The second kappa shape index (κ2) is 7.95. The molecule has 1 aromatic rings. The zero-order valence-corrected chi connectivity index (χ0v) is 16.2.